The molecule has 0 aromatic carbocycles. The van der Waals surface area contributed by atoms with Crippen LogP contribution in [0.1, 0.15) is 39.5 Å². The van der Waals surface area contributed by atoms with Crippen molar-refractivity contribution >= 4 is 5.96 Å². The van der Waals surface area contributed by atoms with Crippen LogP contribution >= 0.6 is 0 Å². The quantitative estimate of drug-likeness (QED) is 0.585. The van der Waals surface area contributed by atoms with Crippen molar-refractivity contribution in [3.05, 3.63) is 0 Å². The number of likely N-dealkylation sites (N-methyl/N-ethyl adjacent to an activating group) is 1. The highest BCUT2D eigenvalue weighted by molar-refractivity contribution is 5.80. The Morgan fingerprint density at radius 3 is 2.71 bits per heavy atom. The predicted molar refractivity (Wildman–Crippen MR) is 96.5 cm³/mol. The summed E-state index contributed by atoms with van der Waals surface area (Å²) >= 11 is 0. The number of hydrogen-bond donors (Lipinski definition) is 1. The zero-order chi connectivity index (χ0) is 16.9. The van der Waals surface area contributed by atoms with Crippen LogP contribution < -0.4 is 5.32 Å². The molecule has 3 rings (SSSR count). The molecule has 1 saturated carbocycles. The first-order valence-corrected chi connectivity index (χ1v) is 9.67. The van der Waals surface area contributed by atoms with Gasteiger partial charge in [-0.1, -0.05) is 0 Å². The maximum atomic E-state index is 5.97. The zero-order valence-electron chi connectivity index (χ0n) is 15.5. The van der Waals surface area contributed by atoms with Crippen molar-refractivity contribution in [2.75, 3.05) is 46.4 Å². The van der Waals surface area contributed by atoms with E-state index in [-0.39, 0.29) is 12.2 Å². The molecule has 138 valence electrons. The van der Waals surface area contributed by atoms with Crippen LogP contribution in [0.2, 0.25) is 0 Å². The van der Waals surface area contributed by atoms with Crippen molar-refractivity contribution < 1.29 is 9.47 Å². The maximum absolute atomic E-state index is 5.97. The molecule has 2 aliphatic heterocycles. The summed E-state index contributed by atoms with van der Waals surface area (Å²) in [6, 6.07) is 1.27. The topological polar surface area (TPSA) is 49.3 Å². The van der Waals surface area contributed by atoms with Crippen LogP contribution in [0, 0.1) is 0 Å². The van der Waals surface area contributed by atoms with E-state index in [1.54, 1.807) is 0 Å². The van der Waals surface area contributed by atoms with E-state index in [1.807, 2.05) is 0 Å². The number of nitrogens with one attached hydrogen (secondary N) is 1. The van der Waals surface area contributed by atoms with Gasteiger partial charge in [0.25, 0.3) is 0 Å². The summed E-state index contributed by atoms with van der Waals surface area (Å²) < 4.78 is 11.8. The molecule has 6 heteroatoms. The highest BCUT2D eigenvalue weighted by Gasteiger charge is 2.32. The van der Waals surface area contributed by atoms with Gasteiger partial charge >= 0.3 is 0 Å². The molecular weight excluding hydrogens is 304 g/mol. The highest BCUT2D eigenvalue weighted by Crippen LogP contribution is 2.27. The first-order valence-electron chi connectivity index (χ1n) is 9.67. The van der Waals surface area contributed by atoms with Crippen LogP contribution in [0.15, 0.2) is 4.99 Å². The number of hydrogen-bond acceptors (Lipinski definition) is 4. The van der Waals surface area contributed by atoms with E-state index >= 15 is 0 Å². The Morgan fingerprint density at radius 2 is 2.04 bits per heavy atom. The predicted octanol–water partition coefficient (Wildman–Crippen LogP) is 1.31. The van der Waals surface area contributed by atoms with Crippen LogP contribution in [0.3, 0.4) is 0 Å². The van der Waals surface area contributed by atoms with E-state index in [0.717, 1.165) is 64.2 Å². The van der Waals surface area contributed by atoms with Crippen molar-refractivity contribution in [2.45, 2.75) is 63.8 Å². The fourth-order valence-corrected chi connectivity index (χ4v) is 3.60. The molecule has 24 heavy (non-hydrogen) atoms. The minimum Gasteiger partial charge on any atom is -0.375 e. The molecular formula is C18H34N4O2. The Labute approximate surface area is 146 Å². The average molecular weight is 338 g/mol. The molecule has 3 atom stereocenters. The van der Waals surface area contributed by atoms with E-state index in [2.05, 4.69) is 36.0 Å². The van der Waals surface area contributed by atoms with Crippen LogP contribution in [0.4, 0.5) is 0 Å². The van der Waals surface area contributed by atoms with Gasteiger partial charge < -0.3 is 19.7 Å². The Balaban J connectivity index is 1.57. The maximum Gasteiger partial charge on any atom is 0.194 e. The fourth-order valence-electron chi connectivity index (χ4n) is 3.60. The molecule has 3 aliphatic rings. The van der Waals surface area contributed by atoms with Gasteiger partial charge in [-0.2, -0.15) is 0 Å². The summed E-state index contributed by atoms with van der Waals surface area (Å²) in [5, 5.41) is 3.46. The second-order valence-electron chi connectivity index (χ2n) is 7.35. The average Bonchev–Trinajstić information content (AvgIpc) is 3.31. The largest absolute Gasteiger partial charge is 0.375 e. The zero-order valence-corrected chi connectivity index (χ0v) is 15.5. The van der Waals surface area contributed by atoms with E-state index in [4.69, 9.17) is 14.5 Å². The molecule has 0 aromatic rings. The van der Waals surface area contributed by atoms with Crippen LogP contribution in [-0.2, 0) is 9.47 Å². The Kier molecular flexibility index (Phi) is 6.36. The van der Waals surface area contributed by atoms with Gasteiger partial charge in [-0.3, -0.25) is 9.89 Å². The smallest absolute Gasteiger partial charge is 0.194 e. The molecule has 0 aromatic heterocycles. The molecule has 2 saturated heterocycles. The summed E-state index contributed by atoms with van der Waals surface area (Å²) in [6.45, 7) is 9.57. The van der Waals surface area contributed by atoms with Gasteiger partial charge in [0, 0.05) is 38.3 Å². The van der Waals surface area contributed by atoms with Crippen molar-refractivity contribution in [3.63, 3.8) is 0 Å². The van der Waals surface area contributed by atoms with Crippen LogP contribution in [-0.4, -0.2) is 86.5 Å². The van der Waals surface area contributed by atoms with E-state index in [1.165, 1.54) is 12.8 Å². The SMILES string of the molecule is CCNC(=NCC(C)N(C)C1CC1)N1CCOC(C2CCCO2)C1. The molecule has 1 aliphatic carbocycles. The molecule has 3 unspecified atom stereocenters. The highest BCUT2D eigenvalue weighted by atomic mass is 16.5. The molecule has 3 fully saturated rings. The van der Waals surface area contributed by atoms with Crippen LogP contribution in [0.5, 0.6) is 0 Å². The van der Waals surface area contributed by atoms with Gasteiger partial charge in [-0.15, -0.1) is 0 Å². The van der Waals surface area contributed by atoms with Gasteiger partial charge in [-0.05, 0) is 46.6 Å². The van der Waals surface area contributed by atoms with Crippen LogP contribution in [0.25, 0.3) is 0 Å². The lowest BCUT2D eigenvalue weighted by molar-refractivity contribution is -0.0817. The summed E-state index contributed by atoms with van der Waals surface area (Å²) in [6.07, 6.45) is 5.40. The molecule has 0 bridgehead atoms. The Bertz CT molecular complexity index is 421. The lowest BCUT2D eigenvalue weighted by atomic mass is 10.1. The lowest BCUT2D eigenvalue weighted by Gasteiger charge is -2.37. The van der Waals surface area contributed by atoms with Crippen molar-refractivity contribution in [1.29, 1.82) is 0 Å². The number of rotatable bonds is 6. The number of aliphatic imine (C=N–C) groups is 1. The van der Waals surface area contributed by atoms with Crippen molar-refractivity contribution in [3.8, 4) is 0 Å². The second-order valence-corrected chi connectivity index (χ2v) is 7.35. The third kappa shape index (κ3) is 4.61. The minimum absolute atomic E-state index is 0.177. The first kappa shape index (κ1) is 18.0. The number of morpholine rings is 1. The summed E-state index contributed by atoms with van der Waals surface area (Å²) in [4.78, 5) is 9.75. The fraction of sp³-hybridized carbons (Fsp3) is 0.944. The summed E-state index contributed by atoms with van der Waals surface area (Å²) in [7, 11) is 2.23. The Hall–Kier alpha value is -0.850. The van der Waals surface area contributed by atoms with Gasteiger partial charge in [0.05, 0.1) is 19.3 Å². The first-order chi connectivity index (χ1) is 11.7. The monoisotopic (exact) mass is 338 g/mol. The summed E-state index contributed by atoms with van der Waals surface area (Å²) in [5.74, 6) is 1.03. The van der Waals surface area contributed by atoms with Gasteiger partial charge in [-0.25, -0.2) is 0 Å². The molecule has 0 amide bonds. The molecule has 1 N–H and O–H groups in total. The molecule has 2 heterocycles. The minimum atomic E-state index is 0.177. The third-order valence-electron chi connectivity index (χ3n) is 5.43. The van der Waals surface area contributed by atoms with Crippen molar-refractivity contribution in [1.82, 2.24) is 15.1 Å². The normalized spacial score (nSPS) is 30.0. The number of nitrogens with zero attached hydrogens (tertiary/aromatic N) is 3. The summed E-state index contributed by atoms with van der Waals surface area (Å²) in [5.41, 5.74) is 0. The van der Waals surface area contributed by atoms with Crippen molar-refractivity contribution in [2.24, 2.45) is 4.99 Å². The van der Waals surface area contributed by atoms with E-state index in [9.17, 15) is 0 Å². The van der Waals surface area contributed by atoms with Gasteiger partial charge in [0.1, 0.15) is 6.10 Å². The van der Waals surface area contributed by atoms with E-state index in [0.29, 0.717) is 6.04 Å². The number of ether oxygens (including phenoxy) is 2. The Morgan fingerprint density at radius 1 is 1.25 bits per heavy atom. The lowest BCUT2D eigenvalue weighted by Crippen LogP contribution is -2.53. The molecule has 0 radical (unpaired) electrons. The third-order valence-corrected chi connectivity index (χ3v) is 5.43. The van der Waals surface area contributed by atoms with Gasteiger partial charge in [0.2, 0.25) is 0 Å². The second kappa shape index (κ2) is 8.50. The number of guanidine groups is 1. The van der Waals surface area contributed by atoms with Gasteiger partial charge in [0.15, 0.2) is 5.96 Å². The van der Waals surface area contributed by atoms with E-state index < -0.39 is 0 Å². The molecule has 6 nitrogen and oxygen atoms in total. The molecule has 0 spiro atoms. The standard InChI is InChI=1S/C18H34N4O2/c1-4-19-18(20-12-14(2)21(3)15-7-8-15)22-9-11-24-17(13-22)16-6-5-10-23-16/h14-17H,4-13H2,1-3H3,(H,19,20).